The molecular weight excluding hydrogens is 316 g/mol. The summed E-state index contributed by atoms with van der Waals surface area (Å²) in [5, 5.41) is 0. The molecule has 1 unspecified atom stereocenters. The van der Waals surface area contributed by atoms with E-state index >= 15 is 0 Å². The molecule has 0 amide bonds. The van der Waals surface area contributed by atoms with E-state index in [0.717, 1.165) is 32.1 Å². The van der Waals surface area contributed by atoms with Crippen LogP contribution < -0.4 is 0 Å². The van der Waals surface area contributed by atoms with E-state index in [-0.39, 0.29) is 5.92 Å². The molecule has 0 fully saturated rings. The monoisotopic (exact) mass is 358 g/mol. The number of hydrogen-bond acceptors (Lipinski definition) is 3. The van der Waals surface area contributed by atoms with Gasteiger partial charge in [0.25, 0.3) is 5.97 Å². The molecule has 4 heteroatoms. The molecule has 0 N–H and O–H groups in total. The van der Waals surface area contributed by atoms with E-state index in [1.165, 1.54) is 38.5 Å². The maximum Gasteiger partial charge on any atom is 0.279 e. The minimum atomic E-state index is -0.901. The van der Waals surface area contributed by atoms with Crippen LogP contribution in [0.1, 0.15) is 91.4 Å². The fourth-order valence-electron chi connectivity index (χ4n) is 2.87. The van der Waals surface area contributed by atoms with E-state index in [1.54, 1.807) is 0 Å². The van der Waals surface area contributed by atoms with Gasteiger partial charge in [-0.05, 0) is 19.3 Å². The van der Waals surface area contributed by atoms with E-state index in [1.807, 2.05) is 6.08 Å². The Hall–Kier alpha value is -0.163. The Morgan fingerprint density at radius 2 is 1.33 bits per heavy atom. The molecule has 0 aliphatic carbocycles. The highest BCUT2D eigenvalue weighted by molar-refractivity contribution is 5.98. The first-order valence-electron chi connectivity index (χ1n) is 10.2. The molecule has 24 heavy (non-hydrogen) atoms. The molecule has 0 aliphatic rings. The quantitative estimate of drug-likeness (QED) is 0.147. The summed E-state index contributed by atoms with van der Waals surface area (Å²) in [6, 6.07) is 0. The fourth-order valence-corrected chi connectivity index (χ4v) is 3.41. The van der Waals surface area contributed by atoms with Gasteiger partial charge in [-0.25, -0.2) is 0 Å². The van der Waals surface area contributed by atoms with Crippen molar-refractivity contribution in [1.29, 1.82) is 0 Å². The van der Waals surface area contributed by atoms with Gasteiger partial charge in [0.2, 0.25) is 0 Å². The fraction of sp³-hybridized carbons (Fsp3) is 0.900. The van der Waals surface area contributed by atoms with E-state index in [9.17, 15) is 0 Å². The Morgan fingerprint density at radius 3 is 1.71 bits per heavy atom. The van der Waals surface area contributed by atoms with Gasteiger partial charge >= 0.3 is 0 Å². The number of ether oxygens (including phenoxy) is 2. The summed E-state index contributed by atoms with van der Waals surface area (Å²) in [5.74, 6) is -0.797. The van der Waals surface area contributed by atoms with Crippen molar-refractivity contribution >= 4 is 10.5 Å². The summed E-state index contributed by atoms with van der Waals surface area (Å²) in [5.41, 5.74) is 0. The largest absolute Gasteiger partial charge is 0.380 e. The van der Waals surface area contributed by atoms with Crippen molar-refractivity contribution in [2.24, 2.45) is 5.92 Å². The van der Waals surface area contributed by atoms with E-state index < -0.39 is 5.97 Å². The van der Waals surface area contributed by atoms with Crippen LogP contribution in [0.2, 0.25) is 0 Å². The highest BCUT2D eigenvalue weighted by Crippen LogP contribution is 2.31. The van der Waals surface area contributed by atoms with Crippen LogP contribution >= 0.6 is 0 Å². The summed E-state index contributed by atoms with van der Waals surface area (Å²) in [6.07, 6.45) is 14.8. The maximum atomic E-state index is 6.20. The Balaban J connectivity index is 4.67. The molecule has 3 nitrogen and oxygen atoms in total. The van der Waals surface area contributed by atoms with Gasteiger partial charge in [0.1, 0.15) is 0 Å². The second-order valence-electron chi connectivity index (χ2n) is 6.61. The third-order valence-electron chi connectivity index (χ3n) is 4.49. The zero-order chi connectivity index (χ0) is 18.1. The predicted molar refractivity (Wildman–Crippen MR) is 107 cm³/mol. The highest BCUT2D eigenvalue weighted by Gasteiger charge is 2.39. The molecule has 0 aliphatic heterocycles. The zero-order valence-corrected chi connectivity index (χ0v) is 18.8. The van der Waals surface area contributed by atoms with Crippen molar-refractivity contribution < 1.29 is 13.9 Å². The SMILES string of the molecule is C=CC(CCCC)C(O[SiH3])(OCCCCCC)OCCCCCC. The lowest BCUT2D eigenvalue weighted by Crippen LogP contribution is -2.46. The van der Waals surface area contributed by atoms with Crippen LogP contribution in [0.4, 0.5) is 0 Å². The summed E-state index contributed by atoms with van der Waals surface area (Å²) in [6.45, 7) is 12.1. The first-order valence-corrected chi connectivity index (χ1v) is 11.0. The maximum absolute atomic E-state index is 6.20. The van der Waals surface area contributed by atoms with Gasteiger partial charge in [0.15, 0.2) is 10.5 Å². The topological polar surface area (TPSA) is 27.7 Å². The van der Waals surface area contributed by atoms with Crippen LogP contribution in [-0.2, 0) is 13.9 Å². The second-order valence-corrected chi connectivity index (χ2v) is 7.02. The minimum absolute atomic E-state index is 0.104. The summed E-state index contributed by atoms with van der Waals surface area (Å²) < 4.78 is 18.3. The average Bonchev–Trinajstić information content (AvgIpc) is 2.61. The van der Waals surface area contributed by atoms with Gasteiger partial charge < -0.3 is 13.9 Å². The van der Waals surface area contributed by atoms with Gasteiger partial charge in [0.05, 0.1) is 19.1 Å². The molecule has 144 valence electrons. The van der Waals surface area contributed by atoms with E-state index in [0.29, 0.717) is 23.7 Å². The summed E-state index contributed by atoms with van der Waals surface area (Å²) >= 11 is 0. The average molecular weight is 359 g/mol. The Morgan fingerprint density at radius 1 is 0.833 bits per heavy atom. The lowest BCUT2D eigenvalue weighted by molar-refractivity contribution is -0.364. The van der Waals surface area contributed by atoms with Crippen LogP contribution in [-0.4, -0.2) is 29.7 Å². The van der Waals surface area contributed by atoms with Crippen molar-refractivity contribution in [3.05, 3.63) is 12.7 Å². The molecule has 0 saturated carbocycles. The van der Waals surface area contributed by atoms with Gasteiger partial charge in [0, 0.05) is 0 Å². The van der Waals surface area contributed by atoms with Crippen molar-refractivity contribution in [1.82, 2.24) is 0 Å². The first-order chi connectivity index (χ1) is 11.7. The molecule has 0 saturated heterocycles. The van der Waals surface area contributed by atoms with Crippen molar-refractivity contribution in [2.45, 2.75) is 97.4 Å². The summed E-state index contributed by atoms with van der Waals surface area (Å²) in [7, 11) is 0.599. The molecular formula is C20H42O3Si. The smallest absolute Gasteiger partial charge is 0.279 e. The van der Waals surface area contributed by atoms with Crippen LogP contribution in [0.15, 0.2) is 12.7 Å². The highest BCUT2D eigenvalue weighted by atomic mass is 28.2. The molecule has 0 aromatic carbocycles. The Labute approximate surface area is 154 Å². The van der Waals surface area contributed by atoms with Gasteiger partial charge in [-0.3, -0.25) is 0 Å². The Bertz CT molecular complexity index is 270. The Kier molecular flexibility index (Phi) is 16.2. The third kappa shape index (κ3) is 9.97. The lowest BCUT2D eigenvalue weighted by Gasteiger charge is -2.38. The number of hydrogen-bond donors (Lipinski definition) is 0. The molecule has 1 atom stereocenters. The van der Waals surface area contributed by atoms with Crippen LogP contribution in [0.25, 0.3) is 0 Å². The van der Waals surface area contributed by atoms with E-state index in [4.69, 9.17) is 13.9 Å². The third-order valence-corrected chi connectivity index (χ3v) is 5.06. The van der Waals surface area contributed by atoms with Gasteiger partial charge in [-0.15, -0.1) is 6.58 Å². The molecule has 0 aromatic rings. The zero-order valence-electron chi connectivity index (χ0n) is 16.8. The predicted octanol–water partition coefficient (Wildman–Crippen LogP) is 5.12. The van der Waals surface area contributed by atoms with Gasteiger partial charge in [-0.2, -0.15) is 0 Å². The van der Waals surface area contributed by atoms with Crippen molar-refractivity contribution in [3.63, 3.8) is 0 Å². The summed E-state index contributed by atoms with van der Waals surface area (Å²) in [4.78, 5) is 0. The molecule has 0 rings (SSSR count). The molecule has 0 aromatic heterocycles. The normalized spacial score (nSPS) is 13.3. The minimum Gasteiger partial charge on any atom is -0.380 e. The van der Waals surface area contributed by atoms with Crippen LogP contribution in [0.5, 0.6) is 0 Å². The van der Waals surface area contributed by atoms with Crippen molar-refractivity contribution in [2.75, 3.05) is 13.2 Å². The lowest BCUT2D eigenvalue weighted by atomic mass is 9.99. The molecule has 0 radical (unpaired) electrons. The number of rotatable bonds is 18. The standard InChI is InChI=1S/C20H42O3Si/c1-5-9-12-14-17-21-20(23-24,19(8-4)16-11-7-3)22-18-15-13-10-6-2/h8,19H,4-7,9-18H2,1-3,24H3. The number of unbranched alkanes of at least 4 members (excludes halogenated alkanes) is 7. The molecule has 0 spiro atoms. The van der Waals surface area contributed by atoms with Gasteiger partial charge in [-0.1, -0.05) is 78.2 Å². The molecule has 0 heterocycles. The van der Waals surface area contributed by atoms with E-state index in [2.05, 4.69) is 27.4 Å². The second kappa shape index (κ2) is 16.3. The first kappa shape index (κ1) is 23.8. The van der Waals surface area contributed by atoms with Crippen LogP contribution in [0.3, 0.4) is 0 Å². The molecule has 0 bridgehead atoms. The van der Waals surface area contributed by atoms with Crippen LogP contribution in [0, 0.1) is 5.92 Å². The van der Waals surface area contributed by atoms with Crippen molar-refractivity contribution in [3.8, 4) is 0 Å².